The number of fused-ring (bicyclic) bond motifs is 5. The molecule has 0 amide bonds. The fourth-order valence-corrected chi connectivity index (χ4v) is 9.48. The minimum atomic E-state index is -0.816. The molecular formula is C32H56O4. The first-order valence-electron chi connectivity index (χ1n) is 15.0. The lowest BCUT2D eigenvalue weighted by atomic mass is 9.46. The monoisotopic (exact) mass is 504 g/mol. The molecule has 4 nitrogen and oxygen atoms in total. The molecule has 0 saturated heterocycles. The summed E-state index contributed by atoms with van der Waals surface area (Å²) in [5, 5.41) is 20.4. The highest BCUT2D eigenvalue weighted by molar-refractivity contribution is 5.29. The van der Waals surface area contributed by atoms with Gasteiger partial charge in [0.25, 0.3) is 0 Å². The van der Waals surface area contributed by atoms with Crippen LogP contribution in [0.2, 0.25) is 0 Å². The van der Waals surface area contributed by atoms with E-state index in [0.29, 0.717) is 12.0 Å². The maximum absolute atomic E-state index is 10.2. The molecule has 0 aromatic carbocycles. The molecular weight excluding hydrogens is 448 g/mol. The van der Waals surface area contributed by atoms with Crippen LogP contribution in [0.5, 0.6) is 0 Å². The summed E-state index contributed by atoms with van der Waals surface area (Å²) in [6.45, 7) is 15.5. The standard InChI is InChI=1S/C32H56O4/c1-21(10-9-17-29(2,3)33)23-13-14-24-22-11-12-26-28(35-8)27(36-20-30(4,5)34)16-19-32(26,7)25(22)15-18-31(23,24)6/h12,21-25,27-28,33-34H,9-11,13-20H2,1-8H3/t21-,22+,23-,24+,25+,27+,28-,31-,32-/m1/s1. The molecule has 2 N–H and O–H groups in total. The number of aliphatic hydroxyl groups is 2. The van der Waals surface area contributed by atoms with Crippen LogP contribution in [0.25, 0.3) is 0 Å². The van der Waals surface area contributed by atoms with Crippen molar-refractivity contribution in [2.75, 3.05) is 13.7 Å². The van der Waals surface area contributed by atoms with Crippen molar-refractivity contribution >= 4 is 0 Å². The highest BCUT2D eigenvalue weighted by atomic mass is 16.5. The molecule has 36 heavy (non-hydrogen) atoms. The van der Waals surface area contributed by atoms with Gasteiger partial charge in [-0.2, -0.15) is 0 Å². The Morgan fingerprint density at radius 3 is 2.36 bits per heavy atom. The second-order valence-electron chi connectivity index (χ2n) is 15.0. The van der Waals surface area contributed by atoms with Crippen LogP contribution in [0.15, 0.2) is 11.6 Å². The molecule has 3 fully saturated rings. The Morgan fingerprint density at radius 1 is 1.00 bits per heavy atom. The average molecular weight is 505 g/mol. The molecule has 0 aromatic rings. The minimum absolute atomic E-state index is 0.00693. The second kappa shape index (κ2) is 10.3. The van der Waals surface area contributed by atoms with Crippen LogP contribution >= 0.6 is 0 Å². The van der Waals surface area contributed by atoms with E-state index in [0.717, 1.165) is 55.3 Å². The predicted molar refractivity (Wildman–Crippen MR) is 147 cm³/mol. The number of rotatable bonds is 9. The maximum Gasteiger partial charge on any atom is 0.105 e. The van der Waals surface area contributed by atoms with E-state index in [1.165, 1.54) is 44.1 Å². The Morgan fingerprint density at radius 2 is 1.72 bits per heavy atom. The molecule has 4 aliphatic carbocycles. The third-order valence-electron chi connectivity index (χ3n) is 11.2. The third kappa shape index (κ3) is 5.49. The fourth-order valence-electron chi connectivity index (χ4n) is 9.48. The summed E-state index contributed by atoms with van der Waals surface area (Å²) in [6.07, 6.45) is 14.7. The maximum atomic E-state index is 10.2. The van der Waals surface area contributed by atoms with E-state index in [1.807, 2.05) is 34.8 Å². The van der Waals surface area contributed by atoms with Gasteiger partial charge in [0.15, 0.2) is 0 Å². The van der Waals surface area contributed by atoms with Crippen molar-refractivity contribution in [3.8, 4) is 0 Å². The van der Waals surface area contributed by atoms with Crippen molar-refractivity contribution in [1.82, 2.24) is 0 Å². The van der Waals surface area contributed by atoms with Crippen LogP contribution in [0.3, 0.4) is 0 Å². The zero-order valence-corrected chi connectivity index (χ0v) is 24.6. The van der Waals surface area contributed by atoms with E-state index < -0.39 is 11.2 Å². The van der Waals surface area contributed by atoms with Gasteiger partial charge in [0.05, 0.1) is 23.9 Å². The molecule has 0 spiro atoms. The van der Waals surface area contributed by atoms with Crippen LogP contribution in [-0.4, -0.2) is 47.3 Å². The van der Waals surface area contributed by atoms with Crippen LogP contribution in [0.4, 0.5) is 0 Å². The highest BCUT2D eigenvalue weighted by Crippen LogP contribution is 2.67. The van der Waals surface area contributed by atoms with Gasteiger partial charge in [-0.05, 0) is 125 Å². The van der Waals surface area contributed by atoms with E-state index in [2.05, 4.69) is 26.8 Å². The summed E-state index contributed by atoms with van der Waals surface area (Å²) < 4.78 is 12.3. The lowest BCUT2D eigenvalue weighted by molar-refractivity contribution is -0.128. The summed E-state index contributed by atoms with van der Waals surface area (Å²) >= 11 is 0. The zero-order chi connectivity index (χ0) is 26.5. The lowest BCUT2D eigenvalue weighted by Crippen LogP contribution is -2.54. The molecule has 4 aliphatic rings. The lowest BCUT2D eigenvalue weighted by Gasteiger charge is -2.59. The number of allylic oxidation sites excluding steroid dienone is 1. The molecule has 4 rings (SSSR count). The Balaban J connectivity index is 1.48. The van der Waals surface area contributed by atoms with Gasteiger partial charge in [-0.1, -0.05) is 39.7 Å². The highest BCUT2D eigenvalue weighted by Gasteiger charge is 2.60. The van der Waals surface area contributed by atoms with Gasteiger partial charge in [0.2, 0.25) is 0 Å². The zero-order valence-electron chi connectivity index (χ0n) is 24.6. The van der Waals surface area contributed by atoms with Crippen molar-refractivity contribution in [3.63, 3.8) is 0 Å². The van der Waals surface area contributed by atoms with Crippen LogP contribution in [0.1, 0.15) is 113 Å². The van der Waals surface area contributed by atoms with E-state index in [4.69, 9.17) is 9.47 Å². The minimum Gasteiger partial charge on any atom is -0.390 e. The Kier molecular flexibility index (Phi) is 8.16. The van der Waals surface area contributed by atoms with Crippen molar-refractivity contribution in [2.24, 2.45) is 40.4 Å². The summed E-state index contributed by atoms with van der Waals surface area (Å²) in [5.41, 5.74) is 0.792. The normalized spacial score (nSPS) is 41.8. The molecule has 0 unspecified atom stereocenters. The van der Waals surface area contributed by atoms with Crippen molar-refractivity contribution in [1.29, 1.82) is 0 Å². The van der Waals surface area contributed by atoms with Gasteiger partial charge in [-0.3, -0.25) is 0 Å². The predicted octanol–water partition coefficient (Wildman–Crippen LogP) is 6.92. The SMILES string of the molecule is CO[C@@H]1C2=CC[C@H]3[C@@H]4CC[C@H]([C@H](C)CCCC(C)(C)O)[C@@]4(C)CC[C@@H]3[C@@]2(C)CC[C@@H]1OCC(C)(C)O. The fraction of sp³-hybridized carbons (Fsp3) is 0.938. The van der Waals surface area contributed by atoms with E-state index in [-0.39, 0.29) is 17.6 Å². The third-order valence-corrected chi connectivity index (χ3v) is 11.2. The topological polar surface area (TPSA) is 58.9 Å². The van der Waals surface area contributed by atoms with E-state index >= 15 is 0 Å². The van der Waals surface area contributed by atoms with E-state index in [9.17, 15) is 10.2 Å². The first-order chi connectivity index (χ1) is 16.7. The van der Waals surface area contributed by atoms with E-state index in [1.54, 1.807) is 0 Å². The van der Waals surface area contributed by atoms with Gasteiger partial charge in [-0.15, -0.1) is 0 Å². The number of hydrogen-bond acceptors (Lipinski definition) is 4. The van der Waals surface area contributed by atoms with Crippen LogP contribution < -0.4 is 0 Å². The molecule has 3 saturated carbocycles. The number of ether oxygens (including phenoxy) is 2. The molecule has 9 atom stereocenters. The number of hydrogen-bond donors (Lipinski definition) is 2. The van der Waals surface area contributed by atoms with Crippen LogP contribution in [-0.2, 0) is 9.47 Å². The smallest absolute Gasteiger partial charge is 0.105 e. The summed E-state index contributed by atoms with van der Waals surface area (Å²) in [7, 11) is 1.84. The van der Waals surface area contributed by atoms with Crippen molar-refractivity contribution in [3.05, 3.63) is 11.6 Å². The summed E-state index contributed by atoms with van der Waals surface area (Å²) in [4.78, 5) is 0. The number of methoxy groups -OCH3 is 1. The van der Waals surface area contributed by atoms with Crippen molar-refractivity contribution < 1.29 is 19.7 Å². The molecule has 0 radical (unpaired) electrons. The molecule has 208 valence electrons. The Hall–Kier alpha value is -0.420. The average Bonchev–Trinajstić information content (AvgIpc) is 3.13. The molecule has 4 heteroatoms. The van der Waals surface area contributed by atoms with Crippen molar-refractivity contribution in [2.45, 2.75) is 136 Å². The quantitative estimate of drug-likeness (QED) is 0.335. The van der Waals surface area contributed by atoms with Gasteiger partial charge in [0.1, 0.15) is 6.10 Å². The van der Waals surface area contributed by atoms with Gasteiger partial charge < -0.3 is 19.7 Å². The van der Waals surface area contributed by atoms with Crippen LogP contribution in [0, 0.1) is 40.4 Å². The second-order valence-corrected chi connectivity index (χ2v) is 15.0. The van der Waals surface area contributed by atoms with Gasteiger partial charge in [0, 0.05) is 7.11 Å². The first-order valence-corrected chi connectivity index (χ1v) is 15.0. The van der Waals surface area contributed by atoms with Gasteiger partial charge >= 0.3 is 0 Å². The first kappa shape index (κ1) is 28.6. The molecule has 0 aliphatic heterocycles. The largest absolute Gasteiger partial charge is 0.390 e. The summed E-state index contributed by atoms with van der Waals surface area (Å²) in [6, 6.07) is 0. The molecule has 0 heterocycles. The Bertz CT molecular complexity index is 791. The molecule has 0 aromatic heterocycles. The molecule has 0 bridgehead atoms. The Labute approximate surface area is 221 Å². The van der Waals surface area contributed by atoms with Gasteiger partial charge in [-0.25, -0.2) is 0 Å². The summed E-state index contributed by atoms with van der Waals surface area (Å²) in [5.74, 6) is 3.93.